The molecule has 1 aliphatic carbocycles. The predicted octanol–water partition coefficient (Wildman–Crippen LogP) is 3.97. The molecule has 0 radical (unpaired) electrons. The van der Waals surface area contributed by atoms with E-state index in [4.69, 9.17) is 10.5 Å². The second kappa shape index (κ2) is 8.19. The monoisotopic (exact) mass is 423 g/mol. The van der Waals surface area contributed by atoms with Crippen molar-refractivity contribution in [1.82, 2.24) is 5.32 Å². The van der Waals surface area contributed by atoms with Crippen LogP contribution in [0.25, 0.3) is 0 Å². The van der Waals surface area contributed by atoms with Crippen LogP contribution in [0.3, 0.4) is 0 Å². The van der Waals surface area contributed by atoms with Crippen molar-refractivity contribution < 1.29 is 4.74 Å². The van der Waals surface area contributed by atoms with Crippen LogP contribution in [0.1, 0.15) is 24.0 Å². The molecule has 0 heterocycles. The van der Waals surface area contributed by atoms with E-state index in [9.17, 15) is 0 Å². The summed E-state index contributed by atoms with van der Waals surface area (Å²) in [6.07, 6.45) is 2.37. The second-order valence-electron chi connectivity index (χ2n) is 5.65. The zero-order valence-electron chi connectivity index (χ0n) is 13.2. The normalized spacial score (nSPS) is 14.0. The first-order chi connectivity index (χ1) is 10.7. The van der Waals surface area contributed by atoms with E-state index >= 15 is 0 Å². The minimum atomic E-state index is 0. The number of aryl methyl sites for hydroxylation is 1. The number of benzene rings is 2. The lowest BCUT2D eigenvalue weighted by molar-refractivity contribution is 0.476. The average molecular weight is 423 g/mol. The lowest BCUT2D eigenvalue weighted by Crippen LogP contribution is -2.33. The van der Waals surface area contributed by atoms with Gasteiger partial charge in [-0.2, -0.15) is 0 Å². The summed E-state index contributed by atoms with van der Waals surface area (Å²) in [5, 5.41) is 3.19. The highest BCUT2D eigenvalue weighted by molar-refractivity contribution is 14.0. The smallest absolute Gasteiger partial charge is 0.189 e. The van der Waals surface area contributed by atoms with Crippen molar-refractivity contribution in [2.45, 2.75) is 32.4 Å². The largest absolute Gasteiger partial charge is 0.457 e. The third-order valence-electron chi connectivity index (χ3n) is 3.54. The molecule has 3 rings (SSSR count). The number of halogens is 1. The van der Waals surface area contributed by atoms with Gasteiger partial charge in [-0.25, -0.2) is 4.99 Å². The van der Waals surface area contributed by atoms with Crippen LogP contribution >= 0.6 is 24.0 Å². The molecular formula is C18H22IN3O. The molecule has 2 aromatic rings. The highest BCUT2D eigenvalue weighted by atomic mass is 127. The molecule has 122 valence electrons. The first-order valence-electron chi connectivity index (χ1n) is 7.59. The predicted molar refractivity (Wildman–Crippen MR) is 105 cm³/mol. The molecule has 0 saturated heterocycles. The molecular weight excluding hydrogens is 401 g/mol. The molecule has 0 aliphatic heterocycles. The Morgan fingerprint density at radius 1 is 1.22 bits per heavy atom. The Labute approximate surface area is 154 Å². The molecule has 5 heteroatoms. The number of ether oxygens (including phenoxy) is 1. The van der Waals surface area contributed by atoms with Gasteiger partial charge < -0.3 is 15.8 Å². The van der Waals surface area contributed by atoms with E-state index in [1.807, 2.05) is 49.4 Å². The standard InChI is InChI=1S/C18H21N3O.HI/c1-13-7-8-14(12-20-18(19)21-15-9-10-15)17(11-13)22-16-5-3-2-4-6-16;/h2-8,11,15H,9-10,12H2,1H3,(H3,19,20,21);1H. The molecule has 2 aromatic carbocycles. The van der Waals surface area contributed by atoms with Crippen LogP contribution in [-0.4, -0.2) is 12.0 Å². The lowest BCUT2D eigenvalue weighted by atomic mass is 10.1. The molecule has 1 saturated carbocycles. The SMILES string of the molecule is Cc1ccc(CN=C(N)NC2CC2)c(Oc2ccccc2)c1.I. The van der Waals surface area contributed by atoms with Crippen molar-refractivity contribution in [1.29, 1.82) is 0 Å². The summed E-state index contributed by atoms with van der Waals surface area (Å²) in [7, 11) is 0. The van der Waals surface area contributed by atoms with Crippen molar-refractivity contribution >= 4 is 29.9 Å². The Hall–Kier alpha value is -1.76. The third-order valence-corrected chi connectivity index (χ3v) is 3.54. The average Bonchev–Trinajstić information content (AvgIpc) is 3.31. The number of guanidine groups is 1. The van der Waals surface area contributed by atoms with E-state index in [1.165, 1.54) is 12.8 Å². The Morgan fingerprint density at radius 2 is 1.96 bits per heavy atom. The van der Waals surface area contributed by atoms with Crippen molar-refractivity contribution in [3.8, 4) is 11.5 Å². The molecule has 0 amide bonds. The molecule has 0 spiro atoms. The van der Waals surface area contributed by atoms with Crippen molar-refractivity contribution in [3.63, 3.8) is 0 Å². The van der Waals surface area contributed by atoms with Crippen molar-refractivity contribution in [2.24, 2.45) is 10.7 Å². The number of rotatable bonds is 5. The maximum absolute atomic E-state index is 5.99. The molecule has 0 aromatic heterocycles. The van der Waals surface area contributed by atoms with Gasteiger partial charge in [0, 0.05) is 11.6 Å². The number of nitrogens with zero attached hydrogens (tertiary/aromatic N) is 1. The summed E-state index contributed by atoms with van der Waals surface area (Å²) < 4.78 is 5.99. The molecule has 0 atom stereocenters. The Morgan fingerprint density at radius 3 is 2.65 bits per heavy atom. The molecule has 3 N–H and O–H groups in total. The minimum absolute atomic E-state index is 0. The molecule has 0 unspecified atom stereocenters. The third kappa shape index (κ3) is 5.42. The van der Waals surface area contributed by atoms with Gasteiger partial charge in [0.2, 0.25) is 0 Å². The maximum Gasteiger partial charge on any atom is 0.189 e. The van der Waals surface area contributed by atoms with Gasteiger partial charge in [0.15, 0.2) is 5.96 Å². The quantitative estimate of drug-likeness (QED) is 0.435. The van der Waals surface area contributed by atoms with Crippen LogP contribution < -0.4 is 15.8 Å². The van der Waals surface area contributed by atoms with Crippen LogP contribution in [0.5, 0.6) is 11.5 Å². The second-order valence-corrected chi connectivity index (χ2v) is 5.65. The summed E-state index contributed by atoms with van der Waals surface area (Å²) >= 11 is 0. The zero-order valence-corrected chi connectivity index (χ0v) is 15.5. The Bertz CT molecular complexity index is 669. The lowest BCUT2D eigenvalue weighted by Gasteiger charge is -2.11. The minimum Gasteiger partial charge on any atom is -0.457 e. The van der Waals surface area contributed by atoms with Crippen molar-refractivity contribution in [3.05, 3.63) is 59.7 Å². The van der Waals surface area contributed by atoms with Crippen LogP contribution in [0, 0.1) is 6.92 Å². The highest BCUT2D eigenvalue weighted by Gasteiger charge is 2.21. The van der Waals surface area contributed by atoms with Gasteiger partial charge in [-0.05, 0) is 43.5 Å². The number of hydrogen-bond acceptors (Lipinski definition) is 2. The number of para-hydroxylation sites is 1. The molecule has 1 aliphatic rings. The van der Waals surface area contributed by atoms with Crippen LogP contribution in [0.4, 0.5) is 0 Å². The zero-order chi connectivity index (χ0) is 15.4. The first kappa shape index (κ1) is 17.6. The Kier molecular flexibility index (Phi) is 6.27. The van der Waals surface area contributed by atoms with Crippen LogP contribution in [-0.2, 0) is 6.54 Å². The first-order valence-corrected chi connectivity index (χ1v) is 7.59. The van der Waals surface area contributed by atoms with Crippen LogP contribution in [0.15, 0.2) is 53.5 Å². The molecule has 23 heavy (non-hydrogen) atoms. The highest BCUT2D eigenvalue weighted by Crippen LogP contribution is 2.27. The number of nitrogens with one attached hydrogen (secondary N) is 1. The molecule has 0 bridgehead atoms. The fraction of sp³-hybridized carbons (Fsp3) is 0.278. The summed E-state index contributed by atoms with van der Waals surface area (Å²) in [6, 6.07) is 16.4. The summed E-state index contributed by atoms with van der Waals surface area (Å²) in [5.41, 5.74) is 8.07. The number of hydrogen-bond donors (Lipinski definition) is 2. The van der Waals surface area contributed by atoms with Crippen molar-refractivity contribution in [2.75, 3.05) is 0 Å². The molecule has 4 nitrogen and oxygen atoms in total. The van der Waals surface area contributed by atoms with Gasteiger partial charge in [-0.3, -0.25) is 0 Å². The van der Waals surface area contributed by atoms with Gasteiger partial charge in [0.25, 0.3) is 0 Å². The van der Waals surface area contributed by atoms with E-state index < -0.39 is 0 Å². The van der Waals surface area contributed by atoms with Gasteiger partial charge in [-0.15, -0.1) is 24.0 Å². The fourth-order valence-electron chi connectivity index (χ4n) is 2.16. The summed E-state index contributed by atoms with van der Waals surface area (Å²) in [4.78, 5) is 4.41. The summed E-state index contributed by atoms with van der Waals surface area (Å²) in [5.74, 6) is 2.16. The van der Waals surface area contributed by atoms with E-state index in [1.54, 1.807) is 0 Å². The van der Waals surface area contributed by atoms with E-state index in [2.05, 4.69) is 16.4 Å². The Balaban J connectivity index is 0.00000192. The fourth-order valence-corrected chi connectivity index (χ4v) is 2.16. The van der Waals surface area contributed by atoms with Crippen LogP contribution in [0.2, 0.25) is 0 Å². The van der Waals surface area contributed by atoms with Gasteiger partial charge in [-0.1, -0.05) is 30.3 Å². The molecule has 1 fully saturated rings. The van der Waals surface area contributed by atoms with Gasteiger partial charge >= 0.3 is 0 Å². The van der Waals surface area contributed by atoms with E-state index in [-0.39, 0.29) is 24.0 Å². The van der Waals surface area contributed by atoms with E-state index in [0.717, 1.165) is 22.6 Å². The van der Waals surface area contributed by atoms with Gasteiger partial charge in [0.1, 0.15) is 11.5 Å². The summed E-state index contributed by atoms with van der Waals surface area (Å²) in [6.45, 7) is 2.56. The number of nitrogens with two attached hydrogens (primary N) is 1. The number of aliphatic imine (C=N–C) groups is 1. The topological polar surface area (TPSA) is 59.6 Å². The van der Waals surface area contributed by atoms with E-state index in [0.29, 0.717) is 18.5 Å². The maximum atomic E-state index is 5.99. The van der Waals surface area contributed by atoms with Gasteiger partial charge in [0.05, 0.1) is 6.54 Å².